The van der Waals surface area contributed by atoms with Gasteiger partial charge in [0.2, 0.25) is 6.79 Å². The molecule has 188 valence electrons. The zero-order chi connectivity index (χ0) is 25.5. The van der Waals surface area contributed by atoms with E-state index >= 15 is 0 Å². The molecule has 0 bridgehead atoms. The van der Waals surface area contributed by atoms with Crippen LogP contribution in [0.3, 0.4) is 0 Å². The normalized spacial score (nSPS) is 15.8. The van der Waals surface area contributed by atoms with Crippen LogP contribution in [0.15, 0.2) is 60.7 Å². The third-order valence-corrected chi connectivity index (χ3v) is 10.1. The highest BCUT2D eigenvalue weighted by Crippen LogP contribution is 2.51. The van der Waals surface area contributed by atoms with Crippen molar-refractivity contribution < 1.29 is 14.3 Å². The third-order valence-electron chi connectivity index (χ3n) is 7.61. The molecule has 0 amide bonds. The Hall–Kier alpha value is -3.02. The van der Waals surface area contributed by atoms with Gasteiger partial charge in [0.25, 0.3) is 0 Å². The highest BCUT2D eigenvalue weighted by Gasteiger charge is 2.50. The summed E-state index contributed by atoms with van der Waals surface area (Å²) < 4.78 is 14.5. The second-order valence-electron chi connectivity index (χ2n) is 10.4. The molecule has 1 aliphatic heterocycles. The first-order valence-corrected chi connectivity index (χ1v) is 14.6. The van der Waals surface area contributed by atoms with E-state index in [9.17, 15) is 4.79 Å². The minimum atomic E-state index is -1.31. The van der Waals surface area contributed by atoms with Crippen molar-refractivity contribution in [2.45, 2.75) is 57.2 Å². The molecule has 5 heteroatoms. The molecular formula is C31H35NO3S. The van der Waals surface area contributed by atoms with Crippen molar-refractivity contribution in [1.29, 1.82) is 0 Å². The summed E-state index contributed by atoms with van der Waals surface area (Å²) in [6.07, 6.45) is 2.21. The number of hydrogen-bond acceptors (Lipinski definition) is 4. The quantitative estimate of drug-likeness (QED) is 0.349. The first-order valence-electron chi connectivity index (χ1n) is 12.5. The van der Waals surface area contributed by atoms with E-state index in [1.54, 1.807) is 0 Å². The van der Waals surface area contributed by atoms with Gasteiger partial charge in [-0.2, -0.15) is 9.39 Å². The van der Waals surface area contributed by atoms with Gasteiger partial charge < -0.3 is 9.47 Å². The number of aryl methyl sites for hydroxylation is 1. The van der Waals surface area contributed by atoms with Crippen LogP contribution >= 0.6 is 9.39 Å². The van der Waals surface area contributed by atoms with E-state index < -0.39 is 14.8 Å². The fraction of sp³-hybridized carbons (Fsp3) is 0.323. The maximum Gasteiger partial charge on any atom is 0.231 e. The van der Waals surface area contributed by atoms with E-state index in [2.05, 4.69) is 79.7 Å². The average Bonchev–Trinajstić information content (AvgIpc) is 3.55. The molecule has 0 unspecified atom stereocenters. The molecule has 1 saturated carbocycles. The van der Waals surface area contributed by atoms with Gasteiger partial charge in [0.15, 0.2) is 11.5 Å². The van der Waals surface area contributed by atoms with Crippen molar-refractivity contribution >= 4 is 26.9 Å². The highest BCUT2D eigenvalue weighted by molar-refractivity contribution is 8.26. The molecule has 3 aromatic rings. The second-order valence-corrected chi connectivity index (χ2v) is 13.5. The number of carbonyl (C=O) groups is 1. The summed E-state index contributed by atoms with van der Waals surface area (Å²) >= 11 is 0. The zero-order valence-corrected chi connectivity index (χ0v) is 22.3. The Bertz CT molecular complexity index is 1400. The fourth-order valence-corrected chi connectivity index (χ4v) is 5.48. The van der Waals surface area contributed by atoms with Gasteiger partial charge in [0.1, 0.15) is 5.78 Å². The first kappa shape index (κ1) is 24.7. The molecule has 5 rings (SSSR count). The number of benzene rings is 3. The molecule has 36 heavy (non-hydrogen) atoms. The Labute approximate surface area is 215 Å². The number of Topliss-reactive ketones (excluding diaryl/α,β-unsaturated/α-hetero) is 1. The van der Waals surface area contributed by atoms with Gasteiger partial charge in [-0.15, -0.1) is 0 Å². The number of carbonyl (C=O) groups excluding carboxylic acids is 1. The van der Waals surface area contributed by atoms with Crippen LogP contribution in [0.4, 0.5) is 0 Å². The monoisotopic (exact) mass is 501 g/mol. The molecule has 2 aliphatic rings. The predicted octanol–water partition coefficient (Wildman–Crippen LogP) is 6.32. The van der Waals surface area contributed by atoms with Gasteiger partial charge in [0.05, 0.1) is 5.41 Å². The average molecular weight is 502 g/mol. The standard InChI is InChI=1S/C31H35NO3S/c1-21(2)36(4,5)32-19-23-8-10-25(11-9-23)27-16-24(7-6-22(27)3)17-30(33)31(14-15-31)26-12-13-28-29(18-26)35-20-34-28/h6-13,16,18,21,32H,4-5,14-15,17,19-20H2,1-3H3. The highest BCUT2D eigenvalue weighted by atomic mass is 32.2. The van der Waals surface area contributed by atoms with Gasteiger partial charge in [-0.3, -0.25) is 9.52 Å². The fourth-order valence-electron chi connectivity index (χ4n) is 4.69. The molecule has 1 N–H and O–H groups in total. The zero-order valence-electron chi connectivity index (χ0n) is 21.4. The van der Waals surface area contributed by atoms with Crippen molar-refractivity contribution in [1.82, 2.24) is 4.72 Å². The lowest BCUT2D eigenvalue weighted by molar-refractivity contribution is -0.120. The van der Waals surface area contributed by atoms with Crippen LogP contribution in [0, 0.1) is 6.92 Å². The van der Waals surface area contributed by atoms with Gasteiger partial charge in [-0.25, -0.2) is 0 Å². The Morgan fingerprint density at radius 1 is 0.972 bits per heavy atom. The number of fused-ring (bicyclic) bond motifs is 1. The minimum absolute atomic E-state index is 0.245. The van der Waals surface area contributed by atoms with E-state index in [0.29, 0.717) is 11.7 Å². The Balaban J connectivity index is 1.31. The first-order chi connectivity index (χ1) is 17.2. The van der Waals surface area contributed by atoms with Crippen molar-refractivity contribution in [2.75, 3.05) is 6.79 Å². The summed E-state index contributed by atoms with van der Waals surface area (Å²) in [5.41, 5.74) is 6.45. The summed E-state index contributed by atoms with van der Waals surface area (Å²) in [6.45, 7) is 7.44. The van der Waals surface area contributed by atoms with Crippen molar-refractivity contribution in [3.63, 3.8) is 0 Å². The molecule has 1 fully saturated rings. The van der Waals surface area contributed by atoms with Crippen molar-refractivity contribution in [2.24, 2.45) is 0 Å². The molecule has 0 aromatic heterocycles. The number of rotatable bonds is 9. The molecule has 1 aliphatic carbocycles. The van der Waals surface area contributed by atoms with Crippen molar-refractivity contribution in [3.05, 3.63) is 82.9 Å². The largest absolute Gasteiger partial charge is 0.454 e. The van der Waals surface area contributed by atoms with Crippen LogP contribution in [0.2, 0.25) is 0 Å². The molecule has 0 saturated heterocycles. The Morgan fingerprint density at radius 2 is 1.67 bits per heavy atom. The Morgan fingerprint density at radius 3 is 2.36 bits per heavy atom. The molecule has 3 aromatic carbocycles. The van der Waals surface area contributed by atoms with E-state index in [1.807, 2.05) is 18.2 Å². The lowest BCUT2D eigenvalue weighted by Gasteiger charge is -2.20. The SMILES string of the molecule is C=S(=C)(NCc1ccc(-c2cc(CC(=O)C3(c4ccc5c(c4)OCO5)CC3)ccc2C)cc1)C(C)C. The van der Waals surface area contributed by atoms with Crippen LogP contribution in [0.1, 0.15) is 48.9 Å². The summed E-state index contributed by atoms with van der Waals surface area (Å²) in [7, 11) is -1.31. The lowest BCUT2D eigenvalue weighted by Crippen LogP contribution is -2.22. The van der Waals surface area contributed by atoms with E-state index in [-0.39, 0.29) is 12.6 Å². The van der Waals surface area contributed by atoms with Gasteiger partial charge >= 0.3 is 0 Å². The topological polar surface area (TPSA) is 47.6 Å². The van der Waals surface area contributed by atoms with Crippen LogP contribution in [0.5, 0.6) is 11.5 Å². The maximum absolute atomic E-state index is 13.5. The van der Waals surface area contributed by atoms with Crippen LogP contribution in [-0.2, 0) is 23.2 Å². The Kier molecular flexibility index (Phi) is 6.48. The summed E-state index contributed by atoms with van der Waals surface area (Å²) in [5.74, 6) is 10.3. The smallest absolute Gasteiger partial charge is 0.231 e. The summed E-state index contributed by atoms with van der Waals surface area (Å²) in [6, 6.07) is 21.0. The van der Waals surface area contributed by atoms with E-state index in [1.165, 1.54) is 16.7 Å². The number of nitrogens with one attached hydrogen (secondary N) is 1. The molecule has 4 nitrogen and oxygen atoms in total. The second kappa shape index (κ2) is 9.45. The minimum Gasteiger partial charge on any atom is -0.454 e. The van der Waals surface area contributed by atoms with Gasteiger partial charge in [-0.1, -0.05) is 74.1 Å². The summed E-state index contributed by atoms with van der Waals surface area (Å²) in [5, 5.41) is 0.421. The van der Waals surface area contributed by atoms with Crippen LogP contribution in [0.25, 0.3) is 11.1 Å². The van der Waals surface area contributed by atoms with Crippen molar-refractivity contribution in [3.8, 4) is 22.6 Å². The van der Waals surface area contributed by atoms with Crippen LogP contribution < -0.4 is 14.2 Å². The molecule has 1 heterocycles. The maximum atomic E-state index is 13.5. The molecule has 0 atom stereocenters. The molecule has 0 spiro atoms. The molecular weight excluding hydrogens is 466 g/mol. The number of ether oxygens (including phenoxy) is 2. The third kappa shape index (κ3) is 4.82. The predicted molar refractivity (Wildman–Crippen MR) is 153 cm³/mol. The number of ketones is 1. The summed E-state index contributed by atoms with van der Waals surface area (Å²) in [4.78, 5) is 13.5. The molecule has 0 radical (unpaired) electrons. The van der Waals surface area contributed by atoms with Gasteiger partial charge in [-0.05, 0) is 65.3 Å². The van der Waals surface area contributed by atoms with Gasteiger partial charge in [0, 0.05) is 18.2 Å². The van der Waals surface area contributed by atoms with E-state index in [0.717, 1.165) is 47.6 Å². The van der Waals surface area contributed by atoms with E-state index in [4.69, 9.17) is 9.47 Å². The number of hydrogen-bond donors (Lipinski definition) is 1. The lowest BCUT2D eigenvalue weighted by atomic mass is 9.87. The van der Waals surface area contributed by atoms with Crippen LogP contribution in [-0.4, -0.2) is 29.6 Å².